The first kappa shape index (κ1) is 12.8. The van der Waals surface area contributed by atoms with Crippen molar-refractivity contribution in [3.63, 3.8) is 0 Å². The maximum absolute atomic E-state index is 11.8. The molecule has 2 aliphatic carbocycles. The third-order valence-electron chi connectivity index (χ3n) is 3.91. The van der Waals surface area contributed by atoms with Gasteiger partial charge in [-0.25, -0.2) is 0 Å². The van der Waals surface area contributed by atoms with Crippen LogP contribution >= 0.6 is 0 Å². The van der Waals surface area contributed by atoms with E-state index in [0.717, 1.165) is 12.8 Å². The van der Waals surface area contributed by atoms with Crippen molar-refractivity contribution in [1.82, 2.24) is 10.2 Å². The monoisotopic (exact) mass is 240 g/mol. The second-order valence-corrected chi connectivity index (χ2v) is 5.29. The fourth-order valence-corrected chi connectivity index (χ4v) is 3.05. The third kappa shape index (κ3) is 3.19. The highest BCUT2D eigenvalue weighted by molar-refractivity contribution is 5.74. The number of amides is 1. The van der Waals surface area contributed by atoms with Crippen molar-refractivity contribution in [1.29, 1.82) is 0 Å². The molecule has 1 amide bonds. The van der Waals surface area contributed by atoms with Crippen molar-refractivity contribution < 1.29 is 9.90 Å². The molecule has 2 N–H and O–H groups in total. The van der Waals surface area contributed by atoms with Crippen molar-refractivity contribution in [2.75, 3.05) is 13.2 Å². The first-order chi connectivity index (χ1) is 8.24. The summed E-state index contributed by atoms with van der Waals surface area (Å²) in [6.45, 7) is 2.50. The summed E-state index contributed by atoms with van der Waals surface area (Å²) in [7, 11) is 0. The summed E-state index contributed by atoms with van der Waals surface area (Å²) in [5, 5.41) is 12.3. The Kier molecular flexibility index (Phi) is 4.40. The van der Waals surface area contributed by atoms with Gasteiger partial charge >= 0.3 is 0 Å². The fourth-order valence-electron chi connectivity index (χ4n) is 3.05. The quantitative estimate of drug-likeness (QED) is 0.750. The lowest BCUT2D eigenvalue weighted by Gasteiger charge is -2.40. The molecular formula is C13H24N2O2. The van der Waals surface area contributed by atoms with E-state index >= 15 is 0 Å². The van der Waals surface area contributed by atoms with Gasteiger partial charge in [0.2, 0.25) is 5.91 Å². The molecule has 4 heteroatoms. The Morgan fingerprint density at radius 2 is 2.00 bits per heavy atom. The average Bonchev–Trinajstić information content (AvgIpc) is 3.12. The molecule has 0 aromatic carbocycles. The Bertz CT molecular complexity index is 266. The van der Waals surface area contributed by atoms with E-state index in [1.165, 1.54) is 25.7 Å². The topological polar surface area (TPSA) is 52.6 Å². The minimum Gasteiger partial charge on any atom is -0.395 e. The van der Waals surface area contributed by atoms with Crippen molar-refractivity contribution in [2.45, 2.75) is 63.6 Å². The van der Waals surface area contributed by atoms with E-state index in [9.17, 15) is 4.79 Å². The number of nitrogens with zero attached hydrogens (tertiary/aromatic N) is 1. The van der Waals surface area contributed by atoms with Crippen molar-refractivity contribution in [2.24, 2.45) is 0 Å². The van der Waals surface area contributed by atoms with Crippen LogP contribution in [0, 0.1) is 0 Å². The van der Waals surface area contributed by atoms with Gasteiger partial charge in [0.25, 0.3) is 0 Å². The molecule has 0 unspecified atom stereocenters. The molecule has 0 heterocycles. The molecule has 0 saturated heterocycles. The summed E-state index contributed by atoms with van der Waals surface area (Å²) >= 11 is 0. The molecule has 0 aromatic heterocycles. The zero-order valence-corrected chi connectivity index (χ0v) is 10.7. The van der Waals surface area contributed by atoms with Crippen molar-refractivity contribution in [3.8, 4) is 0 Å². The number of carbonyl (C=O) groups is 1. The summed E-state index contributed by atoms with van der Waals surface area (Å²) in [6, 6.07) is 1.22. The van der Waals surface area contributed by atoms with Crippen LogP contribution in [0.5, 0.6) is 0 Å². The van der Waals surface area contributed by atoms with Gasteiger partial charge in [-0.1, -0.05) is 12.8 Å². The van der Waals surface area contributed by atoms with Gasteiger partial charge in [0.1, 0.15) is 0 Å². The first-order valence-electron chi connectivity index (χ1n) is 6.87. The Balaban J connectivity index is 2.00. The van der Waals surface area contributed by atoms with Crippen LogP contribution in [0.1, 0.15) is 45.4 Å². The molecular weight excluding hydrogens is 216 g/mol. The van der Waals surface area contributed by atoms with Gasteiger partial charge in [-0.3, -0.25) is 4.79 Å². The summed E-state index contributed by atoms with van der Waals surface area (Å²) in [5.41, 5.74) is 0. The summed E-state index contributed by atoms with van der Waals surface area (Å²) < 4.78 is 0. The van der Waals surface area contributed by atoms with E-state index in [1.54, 1.807) is 6.92 Å². The zero-order valence-electron chi connectivity index (χ0n) is 10.7. The molecule has 0 aliphatic heterocycles. The summed E-state index contributed by atoms with van der Waals surface area (Å²) in [6.07, 6.45) is 7.03. The van der Waals surface area contributed by atoms with E-state index in [2.05, 4.69) is 10.2 Å². The molecule has 2 atom stereocenters. The van der Waals surface area contributed by atoms with Gasteiger partial charge in [-0.15, -0.1) is 0 Å². The van der Waals surface area contributed by atoms with E-state index in [0.29, 0.717) is 24.7 Å². The molecule has 0 radical (unpaired) electrons. The number of carbonyl (C=O) groups excluding carboxylic acids is 1. The molecule has 2 rings (SSSR count). The Morgan fingerprint density at radius 1 is 1.29 bits per heavy atom. The molecule has 4 nitrogen and oxygen atoms in total. The van der Waals surface area contributed by atoms with Gasteiger partial charge in [0.15, 0.2) is 0 Å². The van der Waals surface area contributed by atoms with Gasteiger partial charge in [-0.2, -0.15) is 0 Å². The Morgan fingerprint density at radius 3 is 2.59 bits per heavy atom. The minimum atomic E-state index is 0.173. The highest BCUT2D eigenvalue weighted by Gasteiger charge is 2.39. The van der Waals surface area contributed by atoms with Gasteiger partial charge in [0, 0.05) is 31.6 Å². The molecule has 0 aromatic rings. The predicted molar refractivity (Wildman–Crippen MR) is 66.7 cm³/mol. The SMILES string of the molecule is CC(=O)N(C1CC1)[C@@H]1CCCC[C@@H]1NCCO. The molecule has 17 heavy (non-hydrogen) atoms. The number of hydrogen-bond acceptors (Lipinski definition) is 3. The van der Waals surface area contributed by atoms with Gasteiger partial charge in [-0.05, 0) is 25.7 Å². The molecule has 98 valence electrons. The van der Waals surface area contributed by atoms with Crippen LogP contribution in [0.15, 0.2) is 0 Å². The number of nitrogens with one attached hydrogen (secondary N) is 1. The van der Waals surface area contributed by atoms with Crippen LogP contribution < -0.4 is 5.32 Å². The molecule has 0 bridgehead atoms. The van der Waals surface area contributed by atoms with Crippen molar-refractivity contribution >= 4 is 5.91 Å². The predicted octanol–water partition coefficient (Wildman–Crippen LogP) is 0.890. The van der Waals surface area contributed by atoms with Gasteiger partial charge < -0.3 is 15.3 Å². The van der Waals surface area contributed by atoms with Crippen molar-refractivity contribution in [3.05, 3.63) is 0 Å². The normalized spacial score (nSPS) is 29.1. The van der Waals surface area contributed by atoms with Crippen LogP contribution in [0.4, 0.5) is 0 Å². The smallest absolute Gasteiger partial charge is 0.219 e. The van der Waals surface area contributed by atoms with E-state index < -0.39 is 0 Å². The third-order valence-corrected chi connectivity index (χ3v) is 3.91. The van der Waals surface area contributed by atoms with Crippen LogP contribution in [-0.4, -0.2) is 47.2 Å². The summed E-state index contributed by atoms with van der Waals surface area (Å²) in [5.74, 6) is 0.218. The van der Waals surface area contributed by atoms with Crippen LogP contribution in [-0.2, 0) is 4.79 Å². The lowest BCUT2D eigenvalue weighted by molar-refractivity contribution is -0.133. The van der Waals surface area contributed by atoms with Crippen LogP contribution in [0.2, 0.25) is 0 Å². The highest BCUT2D eigenvalue weighted by atomic mass is 16.3. The largest absolute Gasteiger partial charge is 0.395 e. The lowest BCUT2D eigenvalue weighted by atomic mass is 9.89. The minimum absolute atomic E-state index is 0.173. The Labute approximate surface area is 103 Å². The van der Waals surface area contributed by atoms with E-state index in [-0.39, 0.29) is 12.5 Å². The number of rotatable bonds is 5. The highest BCUT2D eigenvalue weighted by Crippen LogP contribution is 2.33. The molecule has 0 spiro atoms. The van der Waals surface area contributed by atoms with Crippen LogP contribution in [0.3, 0.4) is 0 Å². The summed E-state index contributed by atoms with van der Waals surface area (Å²) in [4.78, 5) is 13.9. The maximum Gasteiger partial charge on any atom is 0.219 e. The number of aliphatic hydroxyl groups is 1. The number of hydrogen-bond donors (Lipinski definition) is 2. The van der Waals surface area contributed by atoms with E-state index in [4.69, 9.17) is 5.11 Å². The first-order valence-corrected chi connectivity index (χ1v) is 6.87. The second-order valence-electron chi connectivity index (χ2n) is 5.29. The number of aliphatic hydroxyl groups excluding tert-OH is 1. The van der Waals surface area contributed by atoms with Crippen LogP contribution in [0.25, 0.3) is 0 Å². The fraction of sp³-hybridized carbons (Fsp3) is 0.923. The average molecular weight is 240 g/mol. The maximum atomic E-state index is 11.8. The lowest BCUT2D eigenvalue weighted by Crippen LogP contribution is -2.54. The molecule has 2 saturated carbocycles. The standard InChI is InChI=1S/C13H24N2O2/c1-10(17)15(11-6-7-11)13-5-3-2-4-12(13)14-8-9-16/h11-14,16H,2-9H2,1H3/t12-,13+/m0/s1. The zero-order chi connectivity index (χ0) is 12.3. The van der Waals surface area contributed by atoms with Gasteiger partial charge in [0.05, 0.1) is 6.61 Å². The second kappa shape index (κ2) is 5.83. The Hall–Kier alpha value is -0.610. The molecule has 2 aliphatic rings. The van der Waals surface area contributed by atoms with E-state index in [1.807, 2.05) is 0 Å². The molecule has 2 fully saturated rings.